The summed E-state index contributed by atoms with van der Waals surface area (Å²) < 4.78 is 25.6. The number of aromatic nitrogens is 2. The van der Waals surface area contributed by atoms with Gasteiger partial charge in [0.05, 0.1) is 6.20 Å². The minimum absolute atomic E-state index is 0.270. The van der Waals surface area contributed by atoms with E-state index in [0.717, 1.165) is 12.1 Å². The summed E-state index contributed by atoms with van der Waals surface area (Å²) in [5.74, 6) is -1.93. The van der Waals surface area contributed by atoms with Crippen LogP contribution in [0.4, 0.5) is 8.78 Å². The summed E-state index contributed by atoms with van der Waals surface area (Å²) in [5, 5.41) is 17.0. The van der Waals surface area contributed by atoms with E-state index in [1.54, 1.807) is 6.07 Å². The Bertz CT molecular complexity index is 491. The van der Waals surface area contributed by atoms with Gasteiger partial charge in [-0.25, -0.2) is 8.78 Å². The van der Waals surface area contributed by atoms with E-state index in [1.807, 2.05) is 0 Å². The molecule has 1 atom stereocenters. The molecule has 1 N–H and O–H groups in total. The summed E-state index contributed by atoms with van der Waals surface area (Å²) in [6, 6.07) is 4.81. The van der Waals surface area contributed by atoms with Crippen molar-refractivity contribution in [1.29, 1.82) is 0 Å². The maximum absolute atomic E-state index is 12.9. The Labute approximate surface area is 90.4 Å². The fourth-order valence-electron chi connectivity index (χ4n) is 1.34. The predicted molar refractivity (Wildman–Crippen MR) is 52.5 cm³/mol. The Kier molecular flexibility index (Phi) is 2.87. The molecule has 1 aromatic heterocycles. The zero-order chi connectivity index (χ0) is 11.5. The van der Waals surface area contributed by atoms with Gasteiger partial charge in [-0.15, -0.1) is 0 Å². The first-order valence-electron chi connectivity index (χ1n) is 4.58. The summed E-state index contributed by atoms with van der Waals surface area (Å²) >= 11 is 0. The molecule has 3 nitrogen and oxygen atoms in total. The molecule has 2 aromatic rings. The number of halogens is 2. The van der Waals surface area contributed by atoms with Crippen molar-refractivity contribution in [1.82, 2.24) is 10.2 Å². The second-order valence-corrected chi connectivity index (χ2v) is 3.25. The monoisotopic (exact) mass is 222 g/mol. The number of nitrogens with zero attached hydrogens (tertiary/aromatic N) is 2. The molecule has 1 heterocycles. The van der Waals surface area contributed by atoms with Crippen LogP contribution in [0, 0.1) is 11.6 Å². The molecule has 1 aromatic carbocycles. The summed E-state index contributed by atoms with van der Waals surface area (Å²) in [4.78, 5) is 0. The third-order valence-corrected chi connectivity index (χ3v) is 2.18. The smallest absolute Gasteiger partial charge is 0.159 e. The molecule has 0 spiro atoms. The molecular weight excluding hydrogens is 214 g/mol. The van der Waals surface area contributed by atoms with Gasteiger partial charge in [-0.1, -0.05) is 6.07 Å². The zero-order valence-electron chi connectivity index (χ0n) is 8.14. The van der Waals surface area contributed by atoms with E-state index >= 15 is 0 Å². The van der Waals surface area contributed by atoms with E-state index < -0.39 is 17.7 Å². The number of hydrogen-bond acceptors (Lipinski definition) is 3. The average molecular weight is 222 g/mol. The van der Waals surface area contributed by atoms with Gasteiger partial charge in [0, 0.05) is 11.8 Å². The normalized spacial score (nSPS) is 12.4. The van der Waals surface area contributed by atoms with E-state index in [1.165, 1.54) is 18.5 Å². The number of rotatable bonds is 2. The lowest BCUT2D eigenvalue weighted by Gasteiger charge is -2.10. The third-order valence-electron chi connectivity index (χ3n) is 2.18. The van der Waals surface area contributed by atoms with Crippen LogP contribution in [0.1, 0.15) is 17.2 Å². The standard InChI is InChI=1S/C11H8F2N2O/c12-9-2-1-7(5-10(9)13)11(16)8-3-4-14-15-6-8/h1-6,11,16H. The quantitative estimate of drug-likeness (QED) is 0.843. The second kappa shape index (κ2) is 4.32. The van der Waals surface area contributed by atoms with Gasteiger partial charge in [-0.2, -0.15) is 10.2 Å². The molecule has 5 heteroatoms. The van der Waals surface area contributed by atoms with Crippen LogP contribution in [0.15, 0.2) is 36.7 Å². The largest absolute Gasteiger partial charge is 0.384 e. The Hall–Kier alpha value is -1.88. The maximum Gasteiger partial charge on any atom is 0.159 e. The van der Waals surface area contributed by atoms with E-state index in [2.05, 4.69) is 10.2 Å². The Morgan fingerprint density at radius 1 is 1.00 bits per heavy atom. The number of hydrogen-bond donors (Lipinski definition) is 1. The van der Waals surface area contributed by atoms with Crippen LogP contribution in [0.3, 0.4) is 0 Å². The molecule has 0 fully saturated rings. The van der Waals surface area contributed by atoms with Crippen LogP contribution in [0.5, 0.6) is 0 Å². The van der Waals surface area contributed by atoms with Crippen molar-refractivity contribution in [2.75, 3.05) is 0 Å². The second-order valence-electron chi connectivity index (χ2n) is 3.25. The van der Waals surface area contributed by atoms with Crippen molar-refractivity contribution in [2.45, 2.75) is 6.10 Å². The highest BCUT2D eigenvalue weighted by Crippen LogP contribution is 2.22. The number of benzene rings is 1. The van der Waals surface area contributed by atoms with Crippen LogP contribution < -0.4 is 0 Å². The predicted octanol–water partition coefficient (Wildman–Crippen LogP) is 1.84. The van der Waals surface area contributed by atoms with E-state index in [0.29, 0.717) is 5.56 Å². The van der Waals surface area contributed by atoms with Crippen molar-refractivity contribution in [3.8, 4) is 0 Å². The van der Waals surface area contributed by atoms with Crippen LogP contribution in [-0.4, -0.2) is 15.3 Å². The van der Waals surface area contributed by atoms with E-state index in [-0.39, 0.29) is 5.56 Å². The fourth-order valence-corrected chi connectivity index (χ4v) is 1.34. The van der Waals surface area contributed by atoms with Crippen molar-refractivity contribution < 1.29 is 13.9 Å². The minimum atomic E-state index is -1.04. The minimum Gasteiger partial charge on any atom is -0.384 e. The molecule has 1 unspecified atom stereocenters. The molecule has 0 aliphatic rings. The first kappa shape index (κ1) is 10.6. The van der Waals surface area contributed by atoms with Gasteiger partial charge in [0.15, 0.2) is 11.6 Å². The fraction of sp³-hybridized carbons (Fsp3) is 0.0909. The lowest BCUT2D eigenvalue weighted by atomic mass is 10.0. The van der Waals surface area contributed by atoms with Crippen molar-refractivity contribution in [3.05, 3.63) is 59.4 Å². The highest BCUT2D eigenvalue weighted by Gasteiger charge is 2.12. The highest BCUT2D eigenvalue weighted by molar-refractivity contribution is 5.28. The third kappa shape index (κ3) is 2.04. The molecule has 82 valence electrons. The van der Waals surface area contributed by atoms with Gasteiger partial charge >= 0.3 is 0 Å². The van der Waals surface area contributed by atoms with Crippen LogP contribution in [0.2, 0.25) is 0 Å². The summed E-state index contributed by atoms with van der Waals surface area (Å²) in [5.41, 5.74) is 0.743. The Morgan fingerprint density at radius 3 is 2.44 bits per heavy atom. The van der Waals surface area contributed by atoms with Crippen molar-refractivity contribution in [2.24, 2.45) is 0 Å². The molecule has 0 amide bonds. The topological polar surface area (TPSA) is 46.0 Å². The maximum atomic E-state index is 12.9. The number of aliphatic hydroxyl groups excluding tert-OH is 1. The Morgan fingerprint density at radius 2 is 1.81 bits per heavy atom. The lowest BCUT2D eigenvalue weighted by Crippen LogP contribution is -2.01. The highest BCUT2D eigenvalue weighted by atomic mass is 19.2. The first-order chi connectivity index (χ1) is 7.68. The lowest BCUT2D eigenvalue weighted by molar-refractivity contribution is 0.219. The van der Waals surface area contributed by atoms with E-state index in [4.69, 9.17) is 0 Å². The van der Waals surface area contributed by atoms with Crippen molar-refractivity contribution >= 4 is 0 Å². The van der Waals surface area contributed by atoms with Gasteiger partial charge in [0.2, 0.25) is 0 Å². The molecular formula is C11H8F2N2O. The first-order valence-corrected chi connectivity index (χ1v) is 4.58. The molecule has 0 aliphatic carbocycles. The van der Waals surface area contributed by atoms with Gasteiger partial charge < -0.3 is 5.11 Å². The van der Waals surface area contributed by atoms with Gasteiger partial charge in [-0.05, 0) is 23.8 Å². The van der Waals surface area contributed by atoms with Gasteiger partial charge in [0.1, 0.15) is 6.10 Å². The van der Waals surface area contributed by atoms with Gasteiger partial charge in [-0.3, -0.25) is 0 Å². The average Bonchev–Trinajstić information content (AvgIpc) is 2.33. The van der Waals surface area contributed by atoms with Gasteiger partial charge in [0.25, 0.3) is 0 Å². The molecule has 0 bridgehead atoms. The molecule has 2 rings (SSSR count). The molecule has 0 saturated carbocycles. The summed E-state index contributed by atoms with van der Waals surface area (Å²) in [6.07, 6.45) is 1.75. The van der Waals surface area contributed by atoms with Crippen LogP contribution >= 0.6 is 0 Å². The molecule has 0 saturated heterocycles. The van der Waals surface area contributed by atoms with Crippen molar-refractivity contribution in [3.63, 3.8) is 0 Å². The van der Waals surface area contributed by atoms with Crippen LogP contribution in [-0.2, 0) is 0 Å². The zero-order valence-corrected chi connectivity index (χ0v) is 8.14. The molecule has 0 radical (unpaired) electrons. The van der Waals surface area contributed by atoms with Crippen LogP contribution in [0.25, 0.3) is 0 Å². The molecule has 0 aliphatic heterocycles. The Balaban J connectivity index is 2.34. The van der Waals surface area contributed by atoms with E-state index in [9.17, 15) is 13.9 Å². The number of aliphatic hydroxyl groups is 1. The molecule has 16 heavy (non-hydrogen) atoms. The SMILES string of the molecule is OC(c1ccnnc1)c1ccc(F)c(F)c1. The summed E-state index contributed by atoms with van der Waals surface area (Å²) in [7, 11) is 0. The summed E-state index contributed by atoms with van der Waals surface area (Å²) in [6.45, 7) is 0.